The second kappa shape index (κ2) is 28.9. The molecule has 0 radical (unpaired) electrons. The Hall–Kier alpha value is -5.95. The van der Waals surface area contributed by atoms with Crippen LogP contribution in [0.1, 0.15) is 98.8 Å². The number of β-amino-alcohol motifs (C(OH)–C–C–N with tert-alkyl or cyclic N) is 1. The van der Waals surface area contributed by atoms with E-state index >= 15 is 0 Å². The molecule has 9 atom stereocenters. The number of carboxylic acid groups (broad SMARTS) is 1. The van der Waals surface area contributed by atoms with Gasteiger partial charge in [0, 0.05) is 19.5 Å². The monoisotopic (exact) mass is 953 g/mol. The number of unbranched alkanes of at least 4 members (excludes halogenated alkanes) is 1. The van der Waals surface area contributed by atoms with Gasteiger partial charge in [0.1, 0.15) is 36.3 Å². The summed E-state index contributed by atoms with van der Waals surface area (Å²) in [4.78, 5) is 142. The van der Waals surface area contributed by atoms with Gasteiger partial charge in [0.15, 0.2) is 0 Å². The zero-order valence-corrected chi connectivity index (χ0v) is 39.1. The van der Waals surface area contributed by atoms with Crippen LogP contribution in [0.15, 0.2) is 0 Å². The van der Waals surface area contributed by atoms with Crippen LogP contribution in [-0.4, -0.2) is 168 Å². The summed E-state index contributed by atoms with van der Waals surface area (Å²) in [5.41, 5.74) is 10.8. The summed E-state index contributed by atoms with van der Waals surface area (Å²) in [6.45, 7) is 7.49. The van der Waals surface area contributed by atoms with Crippen LogP contribution >= 0.6 is 0 Å². The fourth-order valence-corrected chi connectivity index (χ4v) is 7.34. The molecule has 2 fully saturated rings. The molecular weight excluding hydrogens is 881 g/mol. The van der Waals surface area contributed by atoms with E-state index in [-0.39, 0.29) is 51.1 Å². The van der Waals surface area contributed by atoms with E-state index < -0.39 is 139 Å². The molecule has 0 aromatic rings. The molecule has 0 aromatic carbocycles. The molecule has 25 nitrogen and oxygen atoms in total. The molecule has 0 saturated carbocycles. The molecule has 15 N–H and O–H groups in total. The fourth-order valence-electron chi connectivity index (χ4n) is 7.34. The third-order valence-corrected chi connectivity index (χ3v) is 11.4. The summed E-state index contributed by atoms with van der Waals surface area (Å²) >= 11 is 0. The smallest absolute Gasteiger partial charge is 0.326 e. The number of aliphatic carboxylic acids is 1. The summed E-state index contributed by atoms with van der Waals surface area (Å²) in [5, 5.41) is 41.9. The highest BCUT2D eigenvalue weighted by Gasteiger charge is 2.37. The number of aliphatic hydroxyl groups is 1. The lowest BCUT2D eigenvalue weighted by Crippen LogP contribution is -2.58. The highest BCUT2D eigenvalue weighted by Crippen LogP contribution is 2.18. The Kier molecular flexibility index (Phi) is 24.7. The summed E-state index contributed by atoms with van der Waals surface area (Å²) in [5.74, 6) is -8.99. The van der Waals surface area contributed by atoms with Crippen LogP contribution in [0.25, 0.3) is 0 Å². The van der Waals surface area contributed by atoms with Crippen LogP contribution < -0.4 is 59.3 Å². The van der Waals surface area contributed by atoms with Gasteiger partial charge < -0.3 is 74.4 Å². The standard InChI is InChI=1S/C42H72N12O13/c1-6-23(4)35(53-38(62)26(12-13-31(44)56)50-32(57)19-46-37(61)28-17-25(55)18-45-28)41(65)47-20-33(58)51-29(16-22(2)3)39(63)49-24(5)36(60)48-21-34(59)54-15-9-11-30(54)40(64)52-27(42(66)67)10-7-8-14-43/h22-30,35,45,55H,6-21,43H2,1-5H3,(H2,44,56)(H,46,61)(H,47,65)(H,48,60)(H,49,63)(H,50,57)(H,51,58)(H,52,64)(H,53,62)(H,66,67)/t23?,24-,25+,26-,27-,28-,29-,30-,35-/m0/s1. The molecule has 2 aliphatic rings. The minimum absolute atomic E-state index is 0.126. The molecule has 0 spiro atoms. The second-order valence-electron chi connectivity index (χ2n) is 17.4. The number of carboxylic acids is 1. The predicted octanol–water partition coefficient (Wildman–Crippen LogP) is -4.94. The number of hydrogen-bond donors (Lipinski definition) is 13. The van der Waals surface area contributed by atoms with Crippen molar-refractivity contribution in [1.29, 1.82) is 0 Å². The van der Waals surface area contributed by atoms with Crippen LogP contribution in [0.5, 0.6) is 0 Å². The first kappa shape index (κ1) is 57.2. The number of amides is 10. The van der Waals surface area contributed by atoms with Gasteiger partial charge in [0.2, 0.25) is 59.1 Å². The SMILES string of the molecule is CCC(C)[C@H](NC(=O)[C@H](CCC(N)=O)NC(=O)CNC(=O)[C@@H]1C[C@@H](O)CN1)C(=O)NCC(=O)N[C@@H](CC(C)C)C(=O)N[C@@H](C)C(=O)NCC(=O)N1CCC[C@H]1C(=O)N[C@@H](CCCCN)C(=O)O. The van der Waals surface area contributed by atoms with Crippen molar-refractivity contribution >= 4 is 65.0 Å². The minimum Gasteiger partial charge on any atom is -0.480 e. The predicted molar refractivity (Wildman–Crippen MR) is 239 cm³/mol. The van der Waals surface area contributed by atoms with Gasteiger partial charge in [-0.05, 0) is 76.7 Å². The molecule has 2 heterocycles. The minimum atomic E-state index is -1.35. The Morgan fingerprint density at radius 1 is 0.731 bits per heavy atom. The molecule has 2 aliphatic heterocycles. The maximum Gasteiger partial charge on any atom is 0.326 e. The van der Waals surface area contributed by atoms with E-state index in [4.69, 9.17) is 11.5 Å². The van der Waals surface area contributed by atoms with E-state index in [1.165, 1.54) is 11.8 Å². The maximum absolute atomic E-state index is 13.5. The zero-order valence-electron chi connectivity index (χ0n) is 39.1. The Balaban J connectivity index is 1.98. The molecule has 2 saturated heterocycles. The van der Waals surface area contributed by atoms with Crippen LogP contribution in [0, 0.1) is 11.8 Å². The number of nitrogens with one attached hydrogen (secondary N) is 9. The van der Waals surface area contributed by atoms with Crippen LogP contribution in [-0.2, 0) is 52.7 Å². The van der Waals surface area contributed by atoms with Crippen molar-refractivity contribution < 1.29 is 63.0 Å². The number of likely N-dealkylation sites (tertiary alicyclic amines) is 1. The average molecular weight is 953 g/mol. The number of nitrogens with zero attached hydrogens (tertiary/aromatic N) is 1. The fraction of sp³-hybridized carbons (Fsp3) is 0.738. The molecule has 0 bridgehead atoms. The Bertz CT molecular complexity index is 1770. The van der Waals surface area contributed by atoms with Gasteiger partial charge in [-0.2, -0.15) is 0 Å². The lowest BCUT2D eigenvalue weighted by molar-refractivity contribution is -0.144. The normalized spacial score (nSPS) is 19.3. The molecule has 1 unspecified atom stereocenters. The molecule has 0 aliphatic carbocycles. The summed E-state index contributed by atoms with van der Waals surface area (Å²) in [7, 11) is 0. The van der Waals surface area contributed by atoms with Crippen molar-refractivity contribution in [3.63, 3.8) is 0 Å². The third kappa shape index (κ3) is 20.2. The van der Waals surface area contributed by atoms with Gasteiger partial charge in [0.25, 0.3) is 0 Å². The van der Waals surface area contributed by atoms with Crippen molar-refractivity contribution in [2.45, 2.75) is 147 Å². The molecule has 25 heteroatoms. The van der Waals surface area contributed by atoms with Crippen molar-refractivity contribution in [3.8, 4) is 0 Å². The topological polar surface area (TPSA) is 392 Å². The van der Waals surface area contributed by atoms with E-state index in [2.05, 4.69) is 47.9 Å². The maximum atomic E-state index is 13.5. The molecule has 378 valence electrons. The summed E-state index contributed by atoms with van der Waals surface area (Å²) < 4.78 is 0. The number of carbonyl (C=O) groups is 11. The van der Waals surface area contributed by atoms with E-state index in [1.807, 2.05) is 0 Å². The largest absolute Gasteiger partial charge is 0.480 e. The number of rotatable bonds is 29. The molecule has 0 aromatic heterocycles. The molecular formula is C42H72N12O13. The van der Waals surface area contributed by atoms with E-state index in [9.17, 15) is 63.0 Å². The Morgan fingerprint density at radius 2 is 1.36 bits per heavy atom. The lowest BCUT2D eigenvalue weighted by atomic mass is 9.97. The van der Waals surface area contributed by atoms with Crippen LogP contribution in [0.3, 0.4) is 0 Å². The first-order valence-electron chi connectivity index (χ1n) is 22.8. The summed E-state index contributed by atoms with van der Waals surface area (Å²) in [6, 6.07) is -7.72. The van der Waals surface area contributed by atoms with Gasteiger partial charge in [-0.1, -0.05) is 34.1 Å². The van der Waals surface area contributed by atoms with Crippen LogP contribution in [0.4, 0.5) is 0 Å². The second-order valence-corrected chi connectivity index (χ2v) is 17.4. The number of carbonyl (C=O) groups excluding carboxylic acids is 10. The molecule has 2 rings (SSSR count). The van der Waals surface area contributed by atoms with Crippen molar-refractivity contribution in [1.82, 2.24) is 52.8 Å². The van der Waals surface area contributed by atoms with E-state index in [1.54, 1.807) is 27.7 Å². The Labute approximate surface area is 389 Å². The van der Waals surface area contributed by atoms with Gasteiger partial charge >= 0.3 is 5.97 Å². The number of hydrogen-bond acceptors (Lipinski definition) is 14. The average Bonchev–Trinajstić information content (AvgIpc) is 3.95. The Morgan fingerprint density at radius 3 is 1.94 bits per heavy atom. The van der Waals surface area contributed by atoms with Crippen molar-refractivity contribution in [2.75, 3.05) is 39.3 Å². The highest BCUT2D eigenvalue weighted by atomic mass is 16.4. The first-order chi connectivity index (χ1) is 31.6. The lowest BCUT2D eigenvalue weighted by Gasteiger charge is -2.27. The quantitative estimate of drug-likeness (QED) is 0.0313. The third-order valence-electron chi connectivity index (χ3n) is 11.4. The molecule has 10 amide bonds. The van der Waals surface area contributed by atoms with Gasteiger partial charge in [-0.3, -0.25) is 47.9 Å². The summed E-state index contributed by atoms with van der Waals surface area (Å²) in [6.07, 6.45) is 1.43. The number of aliphatic hydroxyl groups excluding tert-OH is 1. The van der Waals surface area contributed by atoms with Gasteiger partial charge in [0.05, 0.1) is 31.8 Å². The number of primary amides is 1. The highest BCUT2D eigenvalue weighted by molar-refractivity contribution is 5.97. The first-order valence-corrected chi connectivity index (χ1v) is 22.8. The van der Waals surface area contributed by atoms with Crippen molar-refractivity contribution in [3.05, 3.63) is 0 Å². The molecule has 67 heavy (non-hydrogen) atoms. The van der Waals surface area contributed by atoms with E-state index in [0.717, 1.165) is 0 Å². The van der Waals surface area contributed by atoms with Gasteiger partial charge in [-0.15, -0.1) is 0 Å². The van der Waals surface area contributed by atoms with Crippen LogP contribution in [0.2, 0.25) is 0 Å². The number of nitrogens with two attached hydrogens (primary N) is 2. The zero-order chi connectivity index (χ0) is 50.4. The van der Waals surface area contributed by atoms with E-state index in [0.29, 0.717) is 38.6 Å². The van der Waals surface area contributed by atoms with Crippen molar-refractivity contribution in [2.24, 2.45) is 23.3 Å². The van der Waals surface area contributed by atoms with Gasteiger partial charge in [-0.25, -0.2) is 4.79 Å².